The Morgan fingerprint density at radius 1 is 1.32 bits per heavy atom. The third-order valence-corrected chi connectivity index (χ3v) is 4.93. The quantitative estimate of drug-likeness (QED) is 0.875. The van der Waals surface area contributed by atoms with Crippen LogP contribution >= 0.6 is 0 Å². The smallest absolute Gasteiger partial charge is 0.327 e. The number of benzene rings is 1. The summed E-state index contributed by atoms with van der Waals surface area (Å²) in [7, 11) is 0. The average Bonchev–Trinajstić information content (AvgIpc) is 3.11. The SMILES string of the molecule is O=C(O)[C@H]1c2nc[nH]c2CCN1Cc1cccc(N2CCOCC2)c1. The van der Waals surface area contributed by atoms with Gasteiger partial charge in [-0.15, -0.1) is 0 Å². The normalized spacial score (nSPS) is 21.1. The summed E-state index contributed by atoms with van der Waals surface area (Å²) in [5, 5.41) is 9.69. The molecule has 0 bridgehead atoms. The molecule has 2 N–H and O–H groups in total. The lowest BCUT2D eigenvalue weighted by Crippen LogP contribution is -2.39. The Labute approximate surface area is 146 Å². The van der Waals surface area contributed by atoms with Crippen molar-refractivity contribution in [1.82, 2.24) is 14.9 Å². The summed E-state index contributed by atoms with van der Waals surface area (Å²) in [5.74, 6) is -0.850. The Balaban J connectivity index is 1.54. The number of aromatic nitrogens is 2. The minimum Gasteiger partial charge on any atom is -0.480 e. The van der Waals surface area contributed by atoms with Crippen LogP contribution in [-0.4, -0.2) is 58.8 Å². The first kappa shape index (κ1) is 16.1. The van der Waals surface area contributed by atoms with Crippen molar-refractivity contribution in [2.45, 2.75) is 19.0 Å². The monoisotopic (exact) mass is 342 g/mol. The van der Waals surface area contributed by atoms with E-state index in [4.69, 9.17) is 4.74 Å². The Bertz CT molecular complexity index is 754. The van der Waals surface area contributed by atoms with Crippen molar-refractivity contribution in [3.05, 3.63) is 47.5 Å². The fraction of sp³-hybridized carbons (Fsp3) is 0.444. The van der Waals surface area contributed by atoms with Crippen molar-refractivity contribution in [3.8, 4) is 0 Å². The number of fused-ring (bicyclic) bond motifs is 1. The van der Waals surface area contributed by atoms with Gasteiger partial charge in [-0.05, 0) is 17.7 Å². The molecular weight excluding hydrogens is 320 g/mol. The molecule has 2 aromatic rings. The van der Waals surface area contributed by atoms with Crippen LogP contribution in [0.2, 0.25) is 0 Å². The highest BCUT2D eigenvalue weighted by Gasteiger charge is 2.35. The number of carbonyl (C=O) groups is 1. The predicted octanol–water partition coefficient (Wildman–Crippen LogP) is 1.43. The molecule has 0 saturated carbocycles. The fourth-order valence-corrected chi connectivity index (χ4v) is 3.68. The van der Waals surface area contributed by atoms with Gasteiger partial charge in [0, 0.05) is 44.0 Å². The van der Waals surface area contributed by atoms with Crippen molar-refractivity contribution in [1.29, 1.82) is 0 Å². The summed E-state index contributed by atoms with van der Waals surface area (Å²) < 4.78 is 5.41. The second-order valence-corrected chi connectivity index (χ2v) is 6.50. The van der Waals surface area contributed by atoms with Gasteiger partial charge in [-0.2, -0.15) is 0 Å². The molecule has 3 heterocycles. The van der Waals surface area contributed by atoms with Gasteiger partial charge in [-0.25, -0.2) is 4.98 Å². The van der Waals surface area contributed by atoms with Gasteiger partial charge in [0.25, 0.3) is 0 Å². The second-order valence-electron chi connectivity index (χ2n) is 6.50. The number of ether oxygens (including phenoxy) is 1. The van der Waals surface area contributed by atoms with E-state index in [1.165, 1.54) is 5.69 Å². The molecule has 1 atom stereocenters. The summed E-state index contributed by atoms with van der Waals surface area (Å²) in [4.78, 5) is 23.4. The minimum absolute atomic E-state index is 0.599. The first-order valence-corrected chi connectivity index (χ1v) is 8.63. The Hall–Kier alpha value is -2.38. The summed E-state index contributed by atoms with van der Waals surface area (Å²) in [6.45, 7) is 4.58. The van der Waals surface area contributed by atoms with E-state index in [9.17, 15) is 9.90 Å². The van der Waals surface area contributed by atoms with Crippen LogP contribution in [-0.2, 0) is 22.5 Å². The Morgan fingerprint density at radius 3 is 2.96 bits per heavy atom. The highest BCUT2D eigenvalue weighted by molar-refractivity contribution is 5.75. The number of nitrogens with one attached hydrogen (secondary N) is 1. The largest absolute Gasteiger partial charge is 0.480 e. The first-order chi connectivity index (χ1) is 12.2. The second kappa shape index (κ2) is 6.85. The van der Waals surface area contributed by atoms with Crippen molar-refractivity contribution in [2.75, 3.05) is 37.7 Å². The molecule has 1 saturated heterocycles. The van der Waals surface area contributed by atoms with Crippen LogP contribution in [0, 0.1) is 0 Å². The third kappa shape index (κ3) is 3.25. The number of hydrogen-bond acceptors (Lipinski definition) is 5. The van der Waals surface area contributed by atoms with Gasteiger partial charge in [0.1, 0.15) is 0 Å². The van der Waals surface area contributed by atoms with E-state index in [2.05, 4.69) is 33.1 Å². The van der Waals surface area contributed by atoms with Crippen LogP contribution in [0.5, 0.6) is 0 Å². The van der Waals surface area contributed by atoms with Crippen LogP contribution in [0.1, 0.15) is 23.0 Å². The molecule has 1 fully saturated rings. The lowest BCUT2D eigenvalue weighted by Gasteiger charge is -2.33. The number of anilines is 1. The van der Waals surface area contributed by atoms with E-state index < -0.39 is 12.0 Å². The maximum absolute atomic E-state index is 11.8. The van der Waals surface area contributed by atoms with Crippen LogP contribution in [0.15, 0.2) is 30.6 Å². The van der Waals surface area contributed by atoms with E-state index in [-0.39, 0.29) is 0 Å². The number of hydrogen-bond donors (Lipinski definition) is 2. The molecule has 0 radical (unpaired) electrons. The Kier molecular flexibility index (Phi) is 4.42. The number of H-pyrrole nitrogens is 1. The highest BCUT2D eigenvalue weighted by Crippen LogP contribution is 2.29. The molecule has 0 unspecified atom stereocenters. The van der Waals surface area contributed by atoms with E-state index in [1.54, 1.807) is 6.33 Å². The van der Waals surface area contributed by atoms with E-state index in [0.29, 0.717) is 18.8 Å². The standard InChI is InChI=1S/C18H22N4O3/c23-18(24)17-16-15(19-12-20-16)4-5-22(17)11-13-2-1-3-14(10-13)21-6-8-25-9-7-21/h1-3,10,12,17H,4-9,11H2,(H,19,20)(H,23,24)/t17-/m1/s1. The molecule has 7 heteroatoms. The molecule has 0 aliphatic carbocycles. The molecule has 1 aromatic carbocycles. The van der Waals surface area contributed by atoms with Crippen LogP contribution in [0.25, 0.3) is 0 Å². The molecule has 4 rings (SSSR count). The molecule has 2 aliphatic heterocycles. The Morgan fingerprint density at radius 2 is 2.16 bits per heavy atom. The molecule has 1 aromatic heterocycles. The number of imidazole rings is 1. The topological polar surface area (TPSA) is 81.7 Å². The summed E-state index contributed by atoms with van der Waals surface area (Å²) in [6.07, 6.45) is 2.38. The zero-order valence-electron chi connectivity index (χ0n) is 14.0. The van der Waals surface area contributed by atoms with Gasteiger partial charge in [0.2, 0.25) is 0 Å². The molecular formula is C18H22N4O3. The molecule has 132 valence electrons. The van der Waals surface area contributed by atoms with Gasteiger partial charge in [-0.3, -0.25) is 9.69 Å². The minimum atomic E-state index is -0.850. The van der Waals surface area contributed by atoms with Gasteiger partial charge in [0.05, 0.1) is 25.2 Å². The number of rotatable bonds is 4. The van der Waals surface area contributed by atoms with Crippen molar-refractivity contribution in [3.63, 3.8) is 0 Å². The van der Waals surface area contributed by atoms with E-state index in [0.717, 1.165) is 44.0 Å². The summed E-state index contributed by atoms with van der Waals surface area (Å²) in [6, 6.07) is 7.67. The zero-order chi connectivity index (χ0) is 17.2. The number of morpholine rings is 1. The number of carboxylic acids is 1. The highest BCUT2D eigenvalue weighted by atomic mass is 16.5. The lowest BCUT2D eigenvalue weighted by molar-refractivity contribution is -0.144. The first-order valence-electron chi connectivity index (χ1n) is 8.63. The van der Waals surface area contributed by atoms with E-state index >= 15 is 0 Å². The van der Waals surface area contributed by atoms with Crippen LogP contribution < -0.4 is 4.90 Å². The van der Waals surface area contributed by atoms with E-state index in [1.807, 2.05) is 11.0 Å². The molecule has 25 heavy (non-hydrogen) atoms. The van der Waals surface area contributed by atoms with Crippen molar-refractivity contribution < 1.29 is 14.6 Å². The molecule has 0 spiro atoms. The van der Waals surface area contributed by atoms with Gasteiger partial charge in [-0.1, -0.05) is 12.1 Å². The number of aromatic amines is 1. The fourth-order valence-electron chi connectivity index (χ4n) is 3.68. The number of nitrogens with zero attached hydrogens (tertiary/aromatic N) is 3. The van der Waals surface area contributed by atoms with Gasteiger partial charge in [0.15, 0.2) is 6.04 Å². The number of aliphatic carboxylic acids is 1. The van der Waals surface area contributed by atoms with Gasteiger partial charge < -0.3 is 19.7 Å². The van der Waals surface area contributed by atoms with Crippen LogP contribution in [0.3, 0.4) is 0 Å². The maximum Gasteiger partial charge on any atom is 0.327 e. The van der Waals surface area contributed by atoms with Gasteiger partial charge >= 0.3 is 5.97 Å². The summed E-state index contributed by atoms with van der Waals surface area (Å²) >= 11 is 0. The average molecular weight is 342 g/mol. The van der Waals surface area contributed by atoms with Crippen molar-refractivity contribution in [2.24, 2.45) is 0 Å². The maximum atomic E-state index is 11.8. The van der Waals surface area contributed by atoms with Crippen molar-refractivity contribution >= 4 is 11.7 Å². The number of carboxylic acid groups (broad SMARTS) is 1. The molecule has 0 amide bonds. The predicted molar refractivity (Wildman–Crippen MR) is 92.6 cm³/mol. The third-order valence-electron chi connectivity index (χ3n) is 4.93. The molecule has 2 aliphatic rings. The lowest BCUT2D eigenvalue weighted by atomic mass is 10.0. The zero-order valence-corrected chi connectivity index (χ0v) is 14.0. The molecule has 7 nitrogen and oxygen atoms in total. The van der Waals surface area contributed by atoms with Crippen LogP contribution in [0.4, 0.5) is 5.69 Å². The summed E-state index contributed by atoms with van der Waals surface area (Å²) in [5.41, 5.74) is 3.87.